The molecule has 0 amide bonds. The molecular formula is C17H28. The predicted molar refractivity (Wildman–Crippen MR) is 76.1 cm³/mol. The topological polar surface area (TPSA) is 0 Å². The largest absolute Gasteiger partial charge is 0.0769 e. The summed E-state index contributed by atoms with van der Waals surface area (Å²) in [4.78, 5) is 0. The van der Waals surface area contributed by atoms with Crippen molar-refractivity contribution >= 4 is 0 Å². The normalized spacial score (nSPS) is 22.1. The average Bonchev–Trinajstić information content (AvgIpc) is 2.75. The summed E-state index contributed by atoms with van der Waals surface area (Å²) < 4.78 is 0. The predicted octanol–water partition coefficient (Wildman–Crippen LogP) is 5.79. The lowest BCUT2D eigenvalue weighted by Crippen LogP contribution is -2.10. The molecule has 2 rings (SSSR count). The van der Waals surface area contributed by atoms with Gasteiger partial charge in [0.2, 0.25) is 0 Å². The fourth-order valence-electron chi connectivity index (χ4n) is 3.64. The van der Waals surface area contributed by atoms with E-state index in [-0.39, 0.29) is 0 Å². The molecule has 0 spiro atoms. The van der Waals surface area contributed by atoms with Crippen molar-refractivity contribution in [2.45, 2.75) is 78.1 Å². The van der Waals surface area contributed by atoms with Gasteiger partial charge in [-0.25, -0.2) is 0 Å². The summed E-state index contributed by atoms with van der Waals surface area (Å²) in [5.41, 5.74) is 5.33. The molecule has 0 aromatic carbocycles. The Bertz CT molecular complexity index is 300. The zero-order valence-corrected chi connectivity index (χ0v) is 11.7. The van der Waals surface area contributed by atoms with Gasteiger partial charge in [0.25, 0.3) is 0 Å². The van der Waals surface area contributed by atoms with Gasteiger partial charge in [-0.05, 0) is 49.2 Å². The Morgan fingerprint density at radius 3 is 2.35 bits per heavy atom. The summed E-state index contributed by atoms with van der Waals surface area (Å²) in [5, 5.41) is 0. The van der Waals surface area contributed by atoms with Crippen molar-refractivity contribution in [2.75, 3.05) is 0 Å². The van der Waals surface area contributed by atoms with Gasteiger partial charge in [0.05, 0.1) is 0 Å². The molecule has 0 aliphatic heterocycles. The van der Waals surface area contributed by atoms with E-state index in [1.54, 1.807) is 11.1 Å². The van der Waals surface area contributed by atoms with Crippen molar-refractivity contribution in [1.82, 2.24) is 0 Å². The van der Waals surface area contributed by atoms with E-state index in [1.165, 1.54) is 64.2 Å². The molecule has 0 N–H and O–H groups in total. The van der Waals surface area contributed by atoms with Gasteiger partial charge in [0.1, 0.15) is 0 Å². The summed E-state index contributed by atoms with van der Waals surface area (Å²) >= 11 is 0. The highest BCUT2D eigenvalue weighted by molar-refractivity contribution is 5.43. The number of rotatable bonds is 5. The highest BCUT2D eigenvalue weighted by Gasteiger charge is 2.24. The SMILES string of the molecule is CCCC1=CCC(C2CCCCC2)=C1CCC. The Kier molecular flexibility index (Phi) is 4.88. The molecule has 17 heavy (non-hydrogen) atoms. The third-order valence-electron chi connectivity index (χ3n) is 4.46. The van der Waals surface area contributed by atoms with Crippen LogP contribution in [0.2, 0.25) is 0 Å². The van der Waals surface area contributed by atoms with Crippen molar-refractivity contribution in [1.29, 1.82) is 0 Å². The van der Waals surface area contributed by atoms with Crippen molar-refractivity contribution in [3.05, 3.63) is 22.8 Å². The average molecular weight is 232 g/mol. The standard InChI is InChI=1S/C17H28/c1-3-8-14-12-13-17(16(14)9-4-2)15-10-6-5-7-11-15/h12,15H,3-11,13H2,1-2H3. The Morgan fingerprint density at radius 1 is 1.00 bits per heavy atom. The monoisotopic (exact) mass is 232 g/mol. The molecule has 2 aliphatic carbocycles. The van der Waals surface area contributed by atoms with Crippen molar-refractivity contribution in [2.24, 2.45) is 5.92 Å². The first-order valence-electron chi connectivity index (χ1n) is 7.78. The van der Waals surface area contributed by atoms with E-state index >= 15 is 0 Å². The van der Waals surface area contributed by atoms with E-state index in [9.17, 15) is 0 Å². The molecule has 0 heteroatoms. The number of allylic oxidation sites excluding steroid dienone is 4. The highest BCUT2D eigenvalue weighted by Crippen LogP contribution is 2.41. The second-order valence-corrected chi connectivity index (χ2v) is 5.77. The quantitative estimate of drug-likeness (QED) is 0.562. The first-order valence-corrected chi connectivity index (χ1v) is 7.78. The van der Waals surface area contributed by atoms with E-state index in [4.69, 9.17) is 0 Å². The molecule has 0 radical (unpaired) electrons. The summed E-state index contributed by atoms with van der Waals surface area (Å²) in [5.74, 6) is 0.941. The van der Waals surface area contributed by atoms with Gasteiger partial charge in [-0.1, -0.05) is 57.6 Å². The second-order valence-electron chi connectivity index (χ2n) is 5.77. The van der Waals surface area contributed by atoms with Gasteiger partial charge in [-0.2, -0.15) is 0 Å². The zero-order valence-electron chi connectivity index (χ0n) is 11.7. The van der Waals surface area contributed by atoms with Crippen LogP contribution in [0.3, 0.4) is 0 Å². The molecular weight excluding hydrogens is 204 g/mol. The Hall–Kier alpha value is -0.520. The third-order valence-corrected chi connectivity index (χ3v) is 4.46. The Labute approximate surface area is 107 Å². The molecule has 0 bridgehead atoms. The van der Waals surface area contributed by atoms with Gasteiger partial charge < -0.3 is 0 Å². The van der Waals surface area contributed by atoms with Gasteiger partial charge in [0, 0.05) is 0 Å². The summed E-state index contributed by atoms with van der Waals surface area (Å²) in [6.45, 7) is 4.64. The maximum absolute atomic E-state index is 2.54. The lowest BCUT2D eigenvalue weighted by molar-refractivity contribution is 0.397. The van der Waals surface area contributed by atoms with Crippen LogP contribution in [-0.2, 0) is 0 Å². The van der Waals surface area contributed by atoms with E-state index in [1.807, 2.05) is 5.57 Å². The van der Waals surface area contributed by atoms with E-state index in [0.29, 0.717) is 0 Å². The lowest BCUT2D eigenvalue weighted by Gasteiger charge is -2.25. The fraction of sp³-hybridized carbons (Fsp3) is 0.765. The van der Waals surface area contributed by atoms with E-state index < -0.39 is 0 Å². The molecule has 96 valence electrons. The van der Waals surface area contributed by atoms with Crippen LogP contribution < -0.4 is 0 Å². The maximum Gasteiger partial charge on any atom is -0.0124 e. The van der Waals surface area contributed by atoms with Crippen LogP contribution in [0, 0.1) is 5.92 Å². The lowest BCUT2D eigenvalue weighted by atomic mass is 9.81. The van der Waals surface area contributed by atoms with Crippen LogP contribution in [0.25, 0.3) is 0 Å². The maximum atomic E-state index is 2.54. The molecule has 0 atom stereocenters. The molecule has 1 saturated carbocycles. The van der Waals surface area contributed by atoms with Gasteiger partial charge >= 0.3 is 0 Å². The van der Waals surface area contributed by atoms with Gasteiger partial charge in [0.15, 0.2) is 0 Å². The molecule has 0 aromatic rings. The van der Waals surface area contributed by atoms with Crippen LogP contribution >= 0.6 is 0 Å². The van der Waals surface area contributed by atoms with E-state index in [0.717, 1.165) is 5.92 Å². The minimum absolute atomic E-state index is 0.941. The molecule has 1 fully saturated rings. The number of hydrogen-bond acceptors (Lipinski definition) is 0. The fourth-order valence-corrected chi connectivity index (χ4v) is 3.64. The van der Waals surface area contributed by atoms with Crippen LogP contribution in [0.5, 0.6) is 0 Å². The third kappa shape index (κ3) is 3.03. The van der Waals surface area contributed by atoms with Crippen LogP contribution in [0.4, 0.5) is 0 Å². The molecule has 0 heterocycles. The van der Waals surface area contributed by atoms with Crippen LogP contribution in [-0.4, -0.2) is 0 Å². The minimum atomic E-state index is 0.941. The minimum Gasteiger partial charge on any atom is -0.0769 e. The highest BCUT2D eigenvalue weighted by atomic mass is 14.3. The molecule has 2 aliphatic rings. The Morgan fingerprint density at radius 2 is 1.71 bits per heavy atom. The van der Waals surface area contributed by atoms with Crippen LogP contribution in [0.15, 0.2) is 22.8 Å². The zero-order chi connectivity index (χ0) is 12.1. The first-order chi connectivity index (χ1) is 8.36. The number of hydrogen-bond donors (Lipinski definition) is 0. The Balaban J connectivity index is 2.11. The van der Waals surface area contributed by atoms with Crippen molar-refractivity contribution in [3.8, 4) is 0 Å². The van der Waals surface area contributed by atoms with Crippen molar-refractivity contribution < 1.29 is 0 Å². The van der Waals surface area contributed by atoms with E-state index in [2.05, 4.69) is 19.9 Å². The summed E-state index contributed by atoms with van der Waals surface area (Å²) in [7, 11) is 0. The van der Waals surface area contributed by atoms with Crippen molar-refractivity contribution in [3.63, 3.8) is 0 Å². The smallest absolute Gasteiger partial charge is 0.0124 e. The summed E-state index contributed by atoms with van der Waals surface area (Å²) in [6.07, 6.45) is 16.4. The van der Waals surface area contributed by atoms with Gasteiger partial charge in [-0.3, -0.25) is 0 Å². The van der Waals surface area contributed by atoms with Gasteiger partial charge in [-0.15, -0.1) is 0 Å². The van der Waals surface area contributed by atoms with Crippen LogP contribution in [0.1, 0.15) is 78.1 Å². The molecule has 0 saturated heterocycles. The second kappa shape index (κ2) is 6.42. The molecule has 0 aromatic heterocycles. The molecule has 0 unspecified atom stereocenters. The molecule has 0 nitrogen and oxygen atoms in total. The first kappa shape index (κ1) is 12.9. The summed E-state index contributed by atoms with van der Waals surface area (Å²) in [6, 6.07) is 0.